The van der Waals surface area contributed by atoms with E-state index < -0.39 is 0 Å². The fourth-order valence-electron chi connectivity index (χ4n) is 2.09. The van der Waals surface area contributed by atoms with Gasteiger partial charge in [-0.1, -0.05) is 30.3 Å². The number of fused-ring (bicyclic) bond motifs is 1. The average molecular weight is 326 g/mol. The molecule has 0 radical (unpaired) electrons. The summed E-state index contributed by atoms with van der Waals surface area (Å²) in [5.41, 5.74) is 1.27. The van der Waals surface area contributed by atoms with E-state index in [1.807, 2.05) is 12.3 Å². The summed E-state index contributed by atoms with van der Waals surface area (Å²) in [5, 5.41) is 0. The van der Waals surface area contributed by atoms with Gasteiger partial charge in [-0.15, -0.1) is 0 Å². The standard InChI is InChI=1S/C12H11IN2O/c1-14-10(13)12-15(7-8-16-12)11(14)9-5-3-2-4-6-9/h2-8,11H,1H3. The summed E-state index contributed by atoms with van der Waals surface area (Å²) in [6.07, 6.45) is 3.92. The molecule has 3 rings (SSSR count). The number of hydrogen-bond acceptors (Lipinski definition) is 3. The first kappa shape index (κ1) is 10.0. The van der Waals surface area contributed by atoms with Crippen LogP contribution in [-0.4, -0.2) is 16.8 Å². The molecule has 0 saturated heterocycles. The van der Waals surface area contributed by atoms with Gasteiger partial charge in [0, 0.05) is 13.2 Å². The number of hydrogen-bond donors (Lipinski definition) is 0. The topological polar surface area (TPSA) is 15.7 Å². The minimum Gasteiger partial charge on any atom is -0.444 e. The van der Waals surface area contributed by atoms with Crippen LogP contribution in [-0.2, 0) is 4.74 Å². The molecule has 0 aromatic heterocycles. The predicted octanol–water partition coefficient (Wildman–Crippen LogP) is 3.00. The highest BCUT2D eigenvalue weighted by Gasteiger charge is 2.38. The molecule has 0 bridgehead atoms. The van der Waals surface area contributed by atoms with E-state index in [4.69, 9.17) is 4.74 Å². The van der Waals surface area contributed by atoms with Gasteiger partial charge in [0.25, 0.3) is 0 Å². The van der Waals surface area contributed by atoms with E-state index in [-0.39, 0.29) is 6.17 Å². The lowest BCUT2D eigenvalue weighted by Gasteiger charge is -2.27. The van der Waals surface area contributed by atoms with Crippen molar-refractivity contribution >= 4 is 22.6 Å². The van der Waals surface area contributed by atoms with Crippen molar-refractivity contribution in [2.75, 3.05) is 7.05 Å². The van der Waals surface area contributed by atoms with Crippen molar-refractivity contribution in [3.05, 3.63) is 57.9 Å². The van der Waals surface area contributed by atoms with Crippen LogP contribution >= 0.6 is 22.6 Å². The third kappa shape index (κ3) is 1.32. The normalized spacial score (nSPS) is 22.8. The summed E-state index contributed by atoms with van der Waals surface area (Å²) in [7, 11) is 2.09. The molecule has 0 saturated carbocycles. The van der Waals surface area contributed by atoms with Gasteiger partial charge in [0.15, 0.2) is 0 Å². The van der Waals surface area contributed by atoms with Crippen molar-refractivity contribution in [3.8, 4) is 0 Å². The largest absolute Gasteiger partial charge is 0.444 e. The average Bonchev–Trinajstić information content (AvgIpc) is 2.86. The van der Waals surface area contributed by atoms with Crippen LogP contribution in [0, 0.1) is 0 Å². The molecule has 0 fully saturated rings. The Morgan fingerprint density at radius 1 is 1.25 bits per heavy atom. The van der Waals surface area contributed by atoms with E-state index in [2.05, 4.69) is 63.7 Å². The Kier molecular flexibility index (Phi) is 2.31. The van der Waals surface area contributed by atoms with Crippen molar-refractivity contribution in [2.24, 2.45) is 0 Å². The van der Waals surface area contributed by atoms with Crippen molar-refractivity contribution < 1.29 is 4.74 Å². The Morgan fingerprint density at radius 2 is 2.00 bits per heavy atom. The van der Waals surface area contributed by atoms with E-state index in [1.54, 1.807) is 6.26 Å². The summed E-state index contributed by atoms with van der Waals surface area (Å²) in [5.74, 6) is 0.928. The van der Waals surface area contributed by atoms with Gasteiger partial charge in [-0.3, -0.25) is 4.90 Å². The quantitative estimate of drug-likeness (QED) is 0.583. The number of halogens is 1. The second-order valence-electron chi connectivity index (χ2n) is 3.80. The maximum atomic E-state index is 5.49. The highest BCUT2D eigenvalue weighted by Crippen LogP contribution is 2.43. The van der Waals surface area contributed by atoms with Gasteiger partial charge in [0.2, 0.25) is 5.88 Å². The summed E-state index contributed by atoms with van der Waals surface area (Å²) < 4.78 is 6.62. The molecule has 2 aliphatic rings. The van der Waals surface area contributed by atoms with Gasteiger partial charge in [-0.2, -0.15) is 0 Å². The molecule has 0 aliphatic carbocycles. The minimum absolute atomic E-state index is 0.210. The van der Waals surface area contributed by atoms with Crippen LogP contribution in [0.1, 0.15) is 11.7 Å². The zero-order valence-electron chi connectivity index (χ0n) is 8.80. The summed E-state index contributed by atoms with van der Waals surface area (Å²) >= 11 is 2.32. The molecular formula is C12H11IN2O. The monoisotopic (exact) mass is 326 g/mol. The zero-order valence-corrected chi connectivity index (χ0v) is 11.0. The molecule has 2 heterocycles. The number of rotatable bonds is 1. The molecule has 1 unspecified atom stereocenters. The van der Waals surface area contributed by atoms with Crippen LogP contribution in [0.2, 0.25) is 0 Å². The third-order valence-corrected chi connectivity index (χ3v) is 4.07. The molecule has 0 amide bonds. The highest BCUT2D eigenvalue weighted by atomic mass is 127. The molecule has 3 nitrogen and oxygen atoms in total. The van der Waals surface area contributed by atoms with E-state index >= 15 is 0 Å². The lowest BCUT2D eigenvalue weighted by molar-refractivity contribution is 0.191. The van der Waals surface area contributed by atoms with Gasteiger partial charge in [-0.25, -0.2) is 0 Å². The molecule has 0 spiro atoms. The van der Waals surface area contributed by atoms with Crippen LogP contribution in [0.15, 0.2) is 52.4 Å². The lowest BCUT2D eigenvalue weighted by Crippen LogP contribution is -2.25. The molecule has 1 atom stereocenters. The molecular weight excluding hydrogens is 315 g/mol. The van der Waals surface area contributed by atoms with Crippen molar-refractivity contribution in [3.63, 3.8) is 0 Å². The first-order valence-electron chi connectivity index (χ1n) is 5.08. The highest BCUT2D eigenvalue weighted by molar-refractivity contribution is 14.1. The third-order valence-electron chi connectivity index (χ3n) is 2.85. The van der Waals surface area contributed by atoms with Crippen molar-refractivity contribution in [1.82, 2.24) is 9.80 Å². The van der Waals surface area contributed by atoms with Crippen LogP contribution in [0.4, 0.5) is 0 Å². The second kappa shape index (κ2) is 3.69. The Bertz CT molecular complexity index is 469. The van der Waals surface area contributed by atoms with Gasteiger partial charge in [-0.05, 0) is 28.2 Å². The Morgan fingerprint density at radius 3 is 2.75 bits per heavy atom. The Hall–Kier alpha value is -1.17. The lowest BCUT2D eigenvalue weighted by atomic mass is 10.1. The van der Waals surface area contributed by atoms with Gasteiger partial charge in [0.05, 0.1) is 0 Å². The molecule has 1 aromatic carbocycles. The first-order chi connectivity index (χ1) is 7.79. The molecule has 2 aliphatic heterocycles. The zero-order chi connectivity index (χ0) is 11.1. The van der Waals surface area contributed by atoms with Crippen LogP contribution in [0.5, 0.6) is 0 Å². The van der Waals surface area contributed by atoms with Crippen LogP contribution in [0.25, 0.3) is 0 Å². The number of ether oxygens (including phenoxy) is 1. The molecule has 1 aromatic rings. The van der Waals surface area contributed by atoms with Crippen molar-refractivity contribution in [2.45, 2.75) is 6.17 Å². The van der Waals surface area contributed by atoms with E-state index in [0.717, 1.165) is 9.59 Å². The van der Waals surface area contributed by atoms with E-state index in [1.165, 1.54) is 5.56 Å². The van der Waals surface area contributed by atoms with E-state index in [9.17, 15) is 0 Å². The van der Waals surface area contributed by atoms with Crippen molar-refractivity contribution in [1.29, 1.82) is 0 Å². The second-order valence-corrected chi connectivity index (χ2v) is 4.82. The van der Waals surface area contributed by atoms with E-state index in [0.29, 0.717) is 0 Å². The number of nitrogens with zero attached hydrogens (tertiary/aromatic N) is 2. The summed E-state index contributed by atoms with van der Waals surface area (Å²) in [6.45, 7) is 0. The minimum atomic E-state index is 0.210. The molecule has 16 heavy (non-hydrogen) atoms. The fraction of sp³-hybridized carbons (Fsp3) is 0.167. The SMILES string of the molecule is CN1C(I)=C2OC=CN2C1c1ccccc1. The van der Waals surface area contributed by atoms with Gasteiger partial charge >= 0.3 is 0 Å². The summed E-state index contributed by atoms with van der Waals surface area (Å²) in [6, 6.07) is 10.4. The molecule has 0 N–H and O–H groups in total. The van der Waals surface area contributed by atoms with Gasteiger partial charge < -0.3 is 9.64 Å². The van der Waals surface area contributed by atoms with Crippen LogP contribution in [0.3, 0.4) is 0 Å². The Balaban J connectivity index is 2.02. The maximum absolute atomic E-state index is 5.49. The predicted molar refractivity (Wildman–Crippen MR) is 70.1 cm³/mol. The number of benzene rings is 1. The molecule has 4 heteroatoms. The Labute approximate surface area is 108 Å². The summed E-state index contributed by atoms with van der Waals surface area (Å²) in [4.78, 5) is 4.37. The fourth-order valence-corrected chi connectivity index (χ4v) is 2.76. The molecule has 82 valence electrons. The maximum Gasteiger partial charge on any atom is 0.231 e. The first-order valence-corrected chi connectivity index (χ1v) is 6.16. The van der Waals surface area contributed by atoms with Crippen LogP contribution < -0.4 is 0 Å². The smallest absolute Gasteiger partial charge is 0.231 e. The van der Waals surface area contributed by atoms with Gasteiger partial charge in [0.1, 0.15) is 16.1 Å².